The molecule has 0 atom stereocenters. The van der Waals surface area contributed by atoms with Gasteiger partial charge in [-0.05, 0) is 19.4 Å². The zero-order chi connectivity index (χ0) is 10.7. The van der Waals surface area contributed by atoms with Crippen molar-refractivity contribution in [1.29, 1.82) is 5.26 Å². The van der Waals surface area contributed by atoms with E-state index in [1.807, 2.05) is 13.8 Å². The fourth-order valence-corrected chi connectivity index (χ4v) is 1.18. The lowest BCUT2D eigenvalue weighted by Gasteiger charge is -2.00. The third-order valence-corrected chi connectivity index (χ3v) is 2.20. The Morgan fingerprint density at radius 1 is 1.57 bits per heavy atom. The van der Waals surface area contributed by atoms with Gasteiger partial charge in [-0.25, -0.2) is 0 Å². The van der Waals surface area contributed by atoms with Gasteiger partial charge in [-0.3, -0.25) is 4.79 Å². The smallest absolute Gasteiger partial charge is 0.225 e. The molecule has 0 aliphatic rings. The summed E-state index contributed by atoms with van der Waals surface area (Å²) >= 11 is 0. The van der Waals surface area contributed by atoms with E-state index < -0.39 is 0 Å². The molecule has 0 aromatic carbocycles. The number of aromatic amines is 1. The second-order valence-electron chi connectivity index (χ2n) is 3.14. The predicted molar refractivity (Wildman–Crippen MR) is 53.9 cm³/mol. The molecule has 0 saturated carbocycles. The number of carbonyl (C=O) groups excluding carboxylic acids is 1. The number of nitrogens with one attached hydrogen (secondary N) is 2. The van der Waals surface area contributed by atoms with Crippen LogP contribution in [0.3, 0.4) is 0 Å². The van der Waals surface area contributed by atoms with Gasteiger partial charge in [-0.2, -0.15) is 5.26 Å². The molecule has 0 radical (unpaired) electrons. The number of hydrogen-bond acceptors (Lipinski definition) is 2. The summed E-state index contributed by atoms with van der Waals surface area (Å²) in [7, 11) is 0. The molecule has 0 spiro atoms. The average molecular weight is 191 g/mol. The monoisotopic (exact) mass is 191 g/mol. The van der Waals surface area contributed by atoms with Gasteiger partial charge in [0.2, 0.25) is 5.91 Å². The Kier molecular flexibility index (Phi) is 2.92. The highest BCUT2D eigenvalue weighted by atomic mass is 16.1. The molecule has 0 aliphatic heterocycles. The van der Waals surface area contributed by atoms with E-state index in [1.165, 1.54) is 0 Å². The number of anilines is 1. The minimum Gasteiger partial charge on any atom is -0.344 e. The molecule has 1 heterocycles. The minimum absolute atomic E-state index is 0.0947. The minimum atomic E-state index is -0.0947. The number of rotatable bonds is 2. The second kappa shape index (κ2) is 3.97. The summed E-state index contributed by atoms with van der Waals surface area (Å²) in [5, 5.41) is 11.5. The number of amides is 1. The zero-order valence-electron chi connectivity index (χ0n) is 8.56. The van der Waals surface area contributed by atoms with Gasteiger partial charge in [0.25, 0.3) is 0 Å². The van der Waals surface area contributed by atoms with Gasteiger partial charge in [-0.15, -0.1) is 0 Å². The van der Waals surface area contributed by atoms with Crippen molar-refractivity contribution in [2.45, 2.75) is 27.2 Å². The Morgan fingerprint density at radius 3 is 2.71 bits per heavy atom. The molecule has 0 aliphatic carbocycles. The molecule has 0 fully saturated rings. The number of nitriles is 1. The van der Waals surface area contributed by atoms with Crippen LogP contribution in [-0.4, -0.2) is 10.9 Å². The standard InChI is InChI=1S/C10H13N3O/c1-4-9(14)13-10-8(5-11)6(2)7(3)12-10/h12H,4H2,1-3H3,(H,13,14). The van der Waals surface area contributed by atoms with Crippen molar-refractivity contribution in [2.75, 3.05) is 5.32 Å². The van der Waals surface area contributed by atoms with Crippen molar-refractivity contribution < 1.29 is 4.79 Å². The maximum atomic E-state index is 11.1. The van der Waals surface area contributed by atoms with Gasteiger partial charge in [0.1, 0.15) is 11.9 Å². The van der Waals surface area contributed by atoms with Crippen molar-refractivity contribution >= 4 is 11.7 Å². The van der Waals surface area contributed by atoms with Crippen LogP contribution < -0.4 is 5.32 Å². The van der Waals surface area contributed by atoms with Gasteiger partial charge < -0.3 is 10.3 Å². The van der Waals surface area contributed by atoms with Crippen LogP contribution >= 0.6 is 0 Å². The Labute approximate surface area is 82.9 Å². The van der Waals surface area contributed by atoms with E-state index in [4.69, 9.17) is 5.26 Å². The molecule has 0 unspecified atom stereocenters. The van der Waals surface area contributed by atoms with Gasteiger partial charge >= 0.3 is 0 Å². The first-order valence-corrected chi connectivity index (χ1v) is 4.49. The van der Waals surface area contributed by atoms with Crippen molar-refractivity contribution in [2.24, 2.45) is 0 Å². The lowest BCUT2D eigenvalue weighted by molar-refractivity contribution is -0.115. The molecule has 2 N–H and O–H groups in total. The normalized spacial score (nSPS) is 9.57. The van der Waals surface area contributed by atoms with Gasteiger partial charge in [0, 0.05) is 12.1 Å². The first-order chi connectivity index (χ1) is 6.60. The third kappa shape index (κ3) is 1.77. The summed E-state index contributed by atoms with van der Waals surface area (Å²) < 4.78 is 0. The van der Waals surface area contributed by atoms with Crippen LogP contribution in [0, 0.1) is 25.2 Å². The van der Waals surface area contributed by atoms with Crippen LogP contribution in [0.1, 0.15) is 30.2 Å². The van der Waals surface area contributed by atoms with Gasteiger partial charge in [0.05, 0.1) is 5.56 Å². The topological polar surface area (TPSA) is 68.7 Å². The molecular weight excluding hydrogens is 178 g/mol. The largest absolute Gasteiger partial charge is 0.344 e. The van der Waals surface area contributed by atoms with Crippen LogP contribution in [0.15, 0.2) is 0 Å². The summed E-state index contributed by atoms with van der Waals surface area (Å²) in [6.45, 7) is 5.49. The number of aryl methyl sites for hydroxylation is 1. The molecule has 1 amide bonds. The molecule has 0 saturated heterocycles. The quantitative estimate of drug-likeness (QED) is 0.749. The first-order valence-electron chi connectivity index (χ1n) is 4.49. The van der Waals surface area contributed by atoms with Crippen molar-refractivity contribution in [3.8, 4) is 6.07 Å². The van der Waals surface area contributed by atoms with E-state index in [0.29, 0.717) is 17.8 Å². The van der Waals surface area contributed by atoms with E-state index in [-0.39, 0.29) is 5.91 Å². The van der Waals surface area contributed by atoms with E-state index in [0.717, 1.165) is 11.3 Å². The third-order valence-electron chi connectivity index (χ3n) is 2.20. The molecule has 1 rings (SSSR count). The number of H-pyrrole nitrogens is 1. The van der Waals surface area contributed by atoms with E-state index in [1.54, 1.807) is 6.92 Å². The second-order valence-corrected chi connectivity index (χ2v) is 3.14. The fraction of sp³-hybridized carbons (Fsp3) is 0.400. The number of nitrogens with zero attached hydrogens (tertiary/aromatic N) is 1. The van der Waals surface area contributed by atoms with Crippen LogP contribution in [0.5, 0.6) is 0 Å². The van der Waals surface area contributed by atoms with E-state index in [9.17, 15) is 4.79 Å². The zero-order valence-corrected chi connectivity index (χ0v) is 8.56. The number of carbonyl (C=O) groups is 1. The van der Waals surface area contributed by atoms with Crippen molar-refractivity contribution in [3.05, 3.63) is 16.8 Å². The summed E-state index contributed by atoms with van der Waals surface area (Å²) in [5.41, 5.74) is 2.32. The fourth-order valence-electron chi connectivity index (χ4n) is 1.18. The molecule has 0 bridgehead atoms. The van der Waals surface area contributed by atoms with Crippen LogP contribution in [0.2, 0.25) is 0 Å². The molecule has 14 heavy (non-hydrogen) atoms. The summed E-state index contributed by atoms with van der Waals surface area (Å²) in [6.07, 6.45) is 0.405. The molecule has 74 valence electrons. The summed E-state index contributed by atoms with van der Waals surface area (Å²) in [4.78, 5) is 14.1. The summed E-state index contributed by atoms with van der Waals surface area (Å²) in [6, 6.07) is 2.07. The Bertz CT molecular complexity index is 398. The number of hydrogen-bond donors (Lipinski definition) is 2. The Balaban J connectivity index is 3.04. The average Bonchev–Trinajstić information content (AvgIpc) is 2.42. The van der Waals surface area contributed by atoms with E-state index >= 15 is 0 Å². The molecule has 4 heteroatoms. The maximum absolute atomic E-state index is 11.1. The lowest BCUT2D eigenvalue weighted by atomic mass is 10.2. The Hall–Kier alpha value is -1.76. The highest BCUT2D eigenvalue weighted by Gasteiger charge is 2.12. The van der Waals surface area contributed by atoms with Crippen molar-refractivity contribution in [1.82, 2.24) is 4.98 Å². The molecule has 1 aromatic rings. The Morgan fingerprint density at radius 2 is 2.21 bits per heavy atom. The molecule has 4 nitrogen and oxygen atoms in total. The van der Waals surface area contributed by atoms with Crippen molar-refractivity contribution in [3.63, 3.8) is 0 Å². The SMILES string of the molecule is CCC(=O)Nc1[nH]c(C)c(C)c1C#N. The summed E-state index contributed by atoms with van der Waals surface area (Å²) in [5.74, 6) is 0.414. The van der Waals surface area contributed by atoms with E-state index in [2.05, 4.69) is 16.4 Å². The van der Waals surface area contributed by atoms with Gasteiger partial charge in [0.15, 0.2) is 0 Å². The highest BCUT2D eigenvalue weighted by Crippen LogP contribution is 2.20. The maximum Gasteiger partial charge on any atom is 0.225 e. The molecule has 1 aromatic heterocycles. The van der Waals surface area contributed by atoms with Crippen LogP contribution in [0.25, 0.3) is 0 Å². The number of aromatic nitrogens is 1. The van der Waals surface area contributed by atoms with Crippen LogP contribution in [-0.2, 0) is 4.79 Å². The van der Waals surface area contributed by atoms with Gasteiger partial charge in [-0.1, -0.05) is 6.92 Å². The molecular formula is C10H13N3O. The highest BCUT2D eigenvalue weighted by molar-refractivity contribution is 5.91. The predicted octanol–water partition coefficient (Wildman–Crippen LogP) is 1.85. The van der Waals surface area contributed by atoms with Crippen LogP contribution in [0.4, 0.5) is 5.82 Å². The lowest BCUT2D eigenvalue weighted by Crippen LogP contribution is -2.10. The first kappa shape index (κ1) is 10.3.